The Bertz CT molecular complexity index is 581. The van der Waals surface area contributed by atoms with E-state index in [9.17, 15) is 4.79 Å². The van der Waals surface area contributed by atoms with E-state index >= 15 is 0 Å². The van der Waals surface area contributed by atoms with Crippen molar-refractivity contribution < 1.29 is 9.22 Å². The molecule has 0 bridgehead atoms. The molecule has 0 aliphatic heterocycles. The van der Waals surface area contributed by atoms with E-state index in [2.05, 4.69) is 60.7 Å². The molecule has 3 rings (SSSR count). The Labute approximate surface area is 149 Å². The summed E-state index contributed by atoms with van der Waals surface area (Å²) in [5.41, 5.74) is 0.107. The molecule has 24 heavy (non-hydrogen) atoms. The zero-order valence-electron chi connectivity index (χ0n) is 17.0. The van der Waals surface area contributed by atoms with E-state index in [-0.39, 0.29) is 21.8 Å². The Kier molecular flexibility index (Phi) is 3.96. The van der Waals surface area contributed by atoms with Crippen LogP contribution in [-0.4, -0.2) is 14.1 Å². The molecule has 3 aliphatic carbocycles. The van der Waals surface area contributed by atoms with Crippen molar-refractivity contribution >= 4 is 14.1 Å². The summed E-state index contributed by atoms with van der Waals surface area (Å²) in [5.74, 6) is 2.67. The number of ketones is 1. The third-order valence-corrected chi connectivity index (χ3v) is 12.2. The smallest absolute Gasteiger partial charge is 0.250 e. The van der Waals surface area contributed by atoms with E-state index in [4.69, 9.17) is 4.43 Å². The first-order valence-electron chi connectivity index (χ1n) is 9.75. The molecule has 0 spiro atoms. The molecule has 0 aromatic heterocycles. The molecule has 0 N–H and O–H groups in total. The van der Waals surface area contributed by atoms with Crippen LogP contribution >= 0.6 is 0 Å². The first-order chi connectivity index (χ1) is 10.8. The SMILES string of the molecule is CC1(C)CC[C@@]2(C)C(=O)[C@@H]3CCC=C(O[Si](C)(C)C(C)(C)C)[C@@H]3[C@@H]12. The predicted octanol–water partition coefficient (Wildman–Crippen LogP) is 5.94. The molecule has 4 atom stereocenters. The molecule has 0 amide bonds. The van der Waals surface area contributed by atoms with Gasteiger partial charge in [-0.2, -0.15) is 0 Å². The number of rotatable bonds is 2. The standard InChI is InChI=1S/C21H36O2Si/c1-19(2,3)24(7,8)23-15-11-9-10-14-16(15)17-20(4,5)12-13-21(17,6)18(14)22/h11,14,16-17H,9-10,12-13H2,1-8H3/t14-,16-,17+,21-/m1/s1. The lowest BCUT2D eigenvalue weighted by atomic mass is 9.68. The second-order valence-electron chi connectivity index (χ2n) is 10.9. The minimum absolute atomic E-state index is 0.126. The van der Waals surface area contributed by atoms with Crippen LogP contribution in [0, 0.1) is 28.6 Å². The summed E-state index contributed by atoms with van der Waals surface area (Å²) in [6.07, 6.45) is 6.57. The molecule has 3 aliphatic rings. The molecule has 0 radical (unpaired) electrons. The third-order valence-electron chi connectivity index (χ3n) is 7.84. The number of Topliss-reactive ketones (excluding diaryl/α,β-unsaturated/α-hetero) is 1. The van der Waals surface area contributed by atoms with E-state index in [0.717, 1.165) is 25.7 Å². The van der Waals surface area contributed by atoms with Gasteiger partial charge in [0.25, 0.3) is 0 Å². The van der Waals surface area contributed by atoms with Gasteiger partial charge in [0.2, 0.25) is 8.32 Å². The summed E-state index contributed by atoms with van der Waals surface area (Å²) in [6.45, 7) is 18.5. The second kappa shape index (κ2) is 5.22. The summed E-state index contributed by atoms with van der Waals surface area (Å²) < 4.78 is 6.80. The zero-order chi connectivity index (χ0) is 18.1. The number of allylic oxidation sites excluding steroid dienone is 2. The van der Waals surface area contributed by atoms with Crippen LogP contribution in [0.3, 0.4) is 0 Å². The predicted molar refractivity (Wildman–Crippen MR) is 102 cm³/mol. The number of hydrogen-bond acceptors (Lipinski definition) is 2. The zero-order valence-corrected chi connectivity index (χ0v) is 18.0. The summed E-state index contributed by atoms with van der Waals surface area (Å²) >= 11 is 0. The summed E-state index contributed by atoms with van der Waals surface area (Å²) in [7, 11) is -1.87. The van der Waals surface area contributed by atoms with Gasteiger partial charge < -0.3 is 4.43 Å². The normalized spacial score (nSPS) is 38.6. The third kappa shape index (κ3) is 2.45. The van der Waals surface area contributed by atoms with Crippen molar-refractivity contribution in [3.05, 3.63) is 11.8 Å². The molecule has 0 heterocycles. The number of hydrogen-bond donors (Lipinski definition) is 0. The highest BCUT2D eigenvalue weighted by atomic mass is 28.4. The van der Waals surface area contributed by atoms with Gasteiger partial charge in [0.1, 0.15) is 5.78 Å². The van der Waals surface area contributed by atoms with E-state index in [1.165, 1.54) is 5.76 Å². The van der Waals surface area contributed by atoms with E-state index < -0.39 is 8.32 Å². The van der Waals surface area contributed by atoms with Crippen LogP contribution in [0.4, 0.5) is 0 Å². The highest BCUT2D eigenvalue weighted by Gasteiger charge is 2.66. The van der Waals surface area contributed by atoms with E-state index in [0.29, 0.717) is 17.6 Å². The summed E-state index contributed by atoms with van der Waals surface area (Å²) in [6, 6.07) is 0. The van der Waals surface area contributed by atoms with Crippen molar-refractivity contribution in [2.75, 3.05) is 0 Å². The number of carbonyl (C=O) groups is 1. The minimum Gasteiger partial charge on any atom is -0.547 e. The van der Waals surface area contributed by atoms with Crippen molar-refractivity contribution in [2.45, 2.75) is 85.4 Å². The molecule has 0 unspecified atom stereocenters. The monoisotopic (exact) mass is 348 g/mol. The van der Waals surface area contributed by atoms with Gasteiger partial charge in [-0.3, -0.25) is 4.79 Å². The maximum absolute atomic E-state index is 13.3. The fourth-order valence-electron chi connectivity index (χ4n) is 5.50. The molecule has 136 valence electrons. The van der Waals surface area contributed by atoms with Gasteiger partial charge in [0.05, 0.1) is 5.76 Å². The fourth-order valence-corrected chi connectivity index (χ4v) is 6.62. The lowest BCUT2D eigenvalue weighted by Gasteiger charge is -2.43. The van der Waals surface area contributed by atoms with Crippen molar-refractivity contribution in [3.63, 3.8) is 0 Å². The maximum atomic E-state index is 13.3. The summed E-state index contributed by atoms with van der Waals surface area (Å²) in [5, 5.41) is 0.192. The Morgan fingerprint density at radius 2 is 1.79 bits per heavy atom. The van der Waals surface area contributed by atoms with Gasteiger partial charge in [-0.05, 0) is 61.2 Å². The van der Waals surface area contributed by atoms with Crippen LogP contribution in [0.5, 0.6) is 0 Å². The number of carbonyl (C=O) groups excluding carboxylic acids is 1. The van der Waals surface area contributed by atoms with Crippen LogP contribution in [0.1, 0.15) is 67.2 Å². The fraction of sp³-hybridized carbons (Fsp3) is 0.857. The van der Waals surface area contributed by atoms with Crippen LogP contribution in [-0.2, 0) is 9.22 Å². The minimum atomic E-state index is -1.87. The molecule has 3 heteroatoms. The van der Waals surface area contributed by atoms with Gasteiger partial charge in [-0.15, -0.1) is 0 Å². The maximum Gasteiger partial charge on any atom is 0.250 e. The van der Waals surface area contributed by atoms with Gasteiger partial charge in [0, 0.05) is 17.3 Å². The Morgan fingerprint density at radius 1 is 1.17 bits per heavy atom. The average molecular weight is 349 g/mol. The lowest BCUT2D eigenvalue weighted by molar-refractivity contribution is -0.129. The lowest BCUT2D eigenvalue weighted by Crippen LogP contribution is -2.43. The van der Waals surface area contributed by atoms with Crippen molar-refractivity contribution in [1.82, 2.24) is 0 Å². The largest absolute Gasteiger partial charge is 0.547 e. The number of fused-ring (bicyclic) bond motifs is 3. The highest BCUT2D eigenvalue weighted by molar-refractivity contribution is 6.74. The Balaban J connectivity index is 1.99. The average Bonchev–Trinajstić information content (AvgIpc) is 2.81. The second-order valence-corrected chi connectivity index (χ2v) is 15.7. The Morgan fingerprint density at radius 3 is 2.38 bits per heavy atom. The first kappa shape index (κ1) is 18.2. The highest BCUT2D eigenvalue weighted by Crippen LogP contribution is 2.67. The molecule has 2 nitrogen and oxygen atoms in total. The van der Waals surface area contributed by atoms with Gasteiger partial charge in [0.15, 0.2) is 0 Å². The van der Waals surface area contributed by atoms with Crippen LogP contribution in [0.15, 0.2) is 11.8 Å². The van der Waals surface area contributed by atoms with E-state index in [1.807, 2.05) is 0 Å². The van der Waals surface area contributed by atoms with E-state index in [1.54, 1.807) is 0 Å². The van der Waals surface area contributed by atoms with Crippen LogP contribution in [0.2, 0.25) is 18.1 Å². The van der Waals surface area contributed by atoms with Gasteiger partial charge in [-0.1, -0.05) is 41.5 Å². The molecule has 0 aromatic carbocycles. The van der Waals surface area contributed by atoms with Crippen LogP contribution < -0.4 is 0 Å². The topological polar surface area (TPSA) is 26.3 Å². The first-order valence-corrected chi connectivity index (χ1v) is 12.7. The molecular weight excluding hydrogens is 312 g/mol. The van der Waals surface area contributed by atoms with Gasteiger partial charge in [-0.25, -0.2) is 0 Å². The molecular formula is C21H36O2Si. The molecule has 2 fully saturated rings. The molecule has 0 aromatic rings. The quantitative estimate of drug-likeness (QED) is 0.577. The van der Waals surface area contributed by atoms with Crippen LogP contribution in [0.25, 0.3) is 0 Å². The van der Waals surface area contributed by atoms with Gasteiger partial charge >= 0.3 is 0 Å². The summed E-state index contributed by atoms with van der Waals surface area (Å²) in [4.78, 5) is 13.3. The molecule has 0 saturated heterocycles. The van der Waals surface area contributed by atoms with Crippen molar-refractivity contribution in [3.8, 4) is 0 Å². The molecule has 2 saturated carbocycles. The Hall–Kier alpha value is -0.573. The van der Waals surface area contributed by atoms with Crippen molar-refractivity contribution in [2.24, 2.45) is 28.6 Å². The van der Waals surface area contributed by atoms with Crippen molar-refractivity contribution in [1.29, 1.82) is 0 Å².